The van der Waals surface area contributed by atoms with Crippen molar-refractivity contribution in [3.63, 3.8) is 0 Å². The predicted molar refractivity (Wildman–Crippen MR) is 55.1 cm³/mol. The van der Waals surface area contributed by atoms with Gasteiger partial charge in [0.2, 0.25) is 0 Å². The number of rotatable bonds is 5. The molecule has 1 aromatic heterocycles. The van der Waals surface area contributed by atoms with Crippen LogP contribution in [0.2, 0.25) is 0 Å². The Balaban J connectivity index is 2.46. The van der Waals surface area contributed by atoms with Crippen molar-refractivity contribution in [1.29, 1.82) is 0 Å². The number of nitrogens with zero attached hydrogens (tertiary/aromatic N) is 1. The molecule has 0 aliphatic rings. The van der Waals surface area contributed by atoms with Gasteiger partial charge in [-0.3, -0.25) is 0 Å². The summed E-state index contributed by atoms with van der Waals surface area (Å²) < 4.78 is 6.04. The molecule has 4 nitrogen and oxygen atoms in total. The van der Waals surface area contributed by atoms with Crippen LogP contribution >= 0.6 is 12.1 Å². The summed E-state index contributed by atoms with van der Waals surface area (Å²) in [5, 5.41) is 8.82. The van der Waals surface area contributed by atoms with Crippen molar-refractivity contribution >= 4 is 18.0 Å². The van der Waals surface area contributed by atoms with Gasteiger partial charge in [0.25, 0.3) is 0 Å². The van der Waals surface area contributed by atoms with E-state index in [0.717, 1.165) is 12.4 Å². The molecule has 0 saturated heterocycles. The molecule has 0 fully saturated rings. The summed E-state index contributed by atoms with van der Waals surface area (Å²) in [4.78, 5) is 4.14. The number of aliphatic hydroxyl groups is 1. The topological polar surface area (TPSA) is 57.2 Å². The van der Waals surface area contributed by atoms with E-state index in [1.807, 2.05) is 19.1 Å². The summed E-state index contributed by atoms with van der Waals surface area (Å²) in [6.45, 7) is 2.88. The summed E-state index contributed by atoms with van der Waals surface area (Å²) in [6, 6.07) is 5.49. The minimum absolute atomic E-state index is 0.0264. The van der Waals surface area contributed by atoms with Crippen LogP contribution in [0.4, 0.5) is 5.82 Å². The number of hydrogen-bond acceptors (Lipinski definition) is 5. The van der Waals surface area contributed by atoms with Crippen LogP contribution in [0, 0.1) is 0 Å². The van der Waals surface area contributed by atoms with Gasteiger partial charge in [0.05, 0.1) is 12.3 Å². The lowest BCUT2D eigenvalue weighted by Crippen LogP contribution is -2.06. The number of nitrogens with one attached hydrogen (secondary N) is 2. The lowest BCUT2D eigenvalue weighted by Gasteiger charge is -2.04. The van der Waals surface area contributed by atoms with Crippen molar-refractivity contribution < 1.29 is 5.11 Å². The van der Waals surface area contributed by atoms with Gasteiger partial charge in [0, 0.05) is 18.7 Å². The van der Waals surface area contributed by atoms with Crippen molar-refractivity contribution in [1.82, 2.24) is 9.71 Å². The average Bonchev–Trinajstić information content (AvgIpc) is 2.19. The van der Waals surface area contributed by atoms with E-state index in [4.69, 9.17) is 5.11 Å². The molecule has 1 aromatic rings. The van der Waals surface area contributed by atoms with Gasteiger partial charge in [-0.25, -0.2) is 9.71 Å². The molecule has 0 atom stereocenters. The first kappa shape index (κ1) is 10.3. The molecule has 0 unspecified atom stereocenters. The van der Waals surface area contributed by atoms with E-state index < -0.39 is 0 Å². The maximum Gasteiger partial charge on any atom is 0.137 e. The second-order valence-corrected chi connectivity index (χ2v) is 3.07. The Kier molecular flexibility index (Phi) is 4.59. The highest BCUT2D eigenvalue weighted by Gasteiger charge is 1.94. The molecule has 5 heteroatoms. The Morgan fingerprint density at radius 2 is 2.38 bits per heavy atom. The van der Waals surface area contributed by atoms with Gasteiger partial charge in [-0.2, -0.15) is 0 Å². The highest BCUT2D eigenvalue weighted by atomic mass is 32.2. The Morgan fingerprint density at radius 1 is 1.54 bits per heavy atom. The van der Waals surface area contributed by atoms with Gasteiger partial charge in [-0.1, -0.05) is 13.0 Å². The standard InChI is InChI=1S/C8H13N3OS/c1-2-9-13-11-8-5-3-4-7(6-12)10-8/h3-5,9,12H,2,6H2,1H3,(H,10,11). The average molecular weight is 199 g/mol. The third-order valence-corrected chi connectivity index (χ3v) is 2.09. The number of anilines is 1. The van der Waals surface area contributed by atoms with Crippen LogP contribution in [0.1, 0.15) is 12.6 Å². The summed E-state index contributed by atoms with van der Waals surface area (Å²) in [5.74, 6) is 0.748. The normalized spacial score (nSPS) is 10.0. The van der Waals surface area contributed by atoms with Crippen molar-refractivity contribution in [3.05, 3.63) is 23.9 Å². The highest BCUT2D eigenvalue weighted by Crippen LogP contribution is 2.08. The first-order valence-corrected chi connectivity index (χ1v) is 4.90. The second-order valence-electron chi connectivity index (χ2n) is 2.37. The van der Waals surface area contributed by atoms with E-state index in [9.17, 15) is 0 Å². The molecule has 72 valence electrons. The zero-order valence-electron chi connectivity index (χ0n) is 7.45. The van der Waals surface area contributed by atoms with Crippen LogP contribution in [0.25, 0.3) is 0 Å². The molecule has 0 aliphatic heterocycles. The second kappa shape index (κ2) is 5.80. The predicted octanol–water partition coefficient (Wildman–Crippen LogP) is 1.16. The summed E-state index contributed by atoms with van der Waals surface area (Å²) >= 11 is 1.38. The van der Waals surface area contributed by atoms with Crippen LogP contribution < -0.4 is 9.44 Å². The van der Waals surface area contributed by atoms with Crippen LogP contribution in [-0.4, -0.2) is 16.6 Å². The Bertz CT molecular complexity index is 257. The molecule has 0 bridgehead atoms. The lowest BCUT2D eigenvalue weighted by molar-refractivity contribution is 0.277. The first-order chi connectivity index (χ1) is 6.36. The van der Waals surface area contributed by atoms with Crippen molar-refractivity contribution in [3.8, 4) is 0 Å². The molecule has 0 radical (unpaired) electrons. The fourth-order valence-electron chi connectivity index (χ4n) is 0.785. The molecule has 1 heterocycles. The molecule has 1 rings (SSSR count). The summed E-state index contributed by atoms with van der Waals surface area (Å²) in [6.07, 6.45) is 0. The third kappa shape index (κ3) is 3.63. The minimum Gasteiger partial charge on any atom is -0.390 e. The fraction of sp³-hybridized carbons (Fsp3) is 0.375. The van der Waals surface area contributed by atoms with Crippen LogP contribution in [0.5, 0.6) is 0 Å². The Morgan fingerprint density at radius 3 is 3.08 bits per heavy atom. The molecular weight excluding hydrogens is 186 g/mol. The van der Waals surface area contributed by atoms with Gasteiger partial charge in [0.1, 0.15) is 5.82 Å². The van der Waals surface area contributed by atoms with Crippen molar-refractivity contribution in [2.45, 2.75) is 13.5 Å². The van der Waals surface area contributed by atoms with Crippen LogP contribution in [0.3, 0.4) is 0 Å². The largest absolute Gasteiger partial charge is 0.390 e. The van der Waals surface area contributed by atoms with Gasteiger partial charge in [0.15, 0.2) is 0 Å². The van der Waals surface area contributed by atoms with E-state index in [-0.39, 0.29) is 6.61 Å². The summed E-state index contributed by atoms with van der Waals surface area (Å²) in [7, 11) is 0. The number of aromatic nitrogens is 1. The van der Waals surface area contributed by atoms with Crippen LogP contribution in [-0.2, 0) is 6.61 Å². The van der Waals surface area contributed by atoms with E-state index in [1.165, 1.54) is 12.1 Å². The molecule has 13 heavy (non-hydrogen) atoms. The number of hydrogen-bond donors (Lipinski definition) is 3. The lowest BCUT2D eigenvalue weighted by atomic mass is 10.3. The molecule has 0 aromatic carbocycles. The van der Waals surface area contributed by atoms with Gasteiger partial charge in [-0.15, -0.1) is 0 Å². The Hall–Kier alpha value is -0.780. The quantitative estimate of drug-likeness (QED) is 0.491. The zero-order chi connectivity index (χ0) is 9.52. The summed E-state index contributed by atoms with van der Waals surface area (Å²) in [5.41, 5.74) is 0.669. The first-order valence-electron chi connectivity index (χ1n) is 4.08. The van der Waals surface area contributed by atoms with Gasteiger partial charge < -0.3 is 9.83 Å². The maximum absolute atomic E-state index is 8.82. The SMILES string of the molecule is CCNSNc1cccc(CO)n1. The molecule has 0 saturated carbocycles. The maximum atomic E-state index is 8.82. The monoisotopic (exact) mass is 199 g/mol. The molecule has 3 N–H and O–H groups in total. The van der Waals surface area contributed by atoms with E-state index >= 15 is 0 Å². The highest BCUT2D eigenvalue weighted by molar-refractivity contribution is 7.98. The van der Waals surface area contributed by atoms with E-state index in [2.05, 4.69) is 14.4 Å². The zero-order valence-corrected chi connectivity index (χ0v) is 8.27. The molecular formula is C8H13N3OS. The molecule has 0 spiro atoms. The molecule has 0 amide bonds. The number of pyridine rings is 1. The van der Waals surface area contributed by atoms with Crippen LogP contribution in [0.15, 0.2) is 18.2 Å². The molecule has 0 aliphatic carbocycles. The van der Waals surface area contributed by atoms with E-state index in [0.29, 0.717) is 5.69 Å². The van der Waals surface area contributed by atoms with Crippen molar-refractivity contribution in [2.24, 2.45) is 0 Å². The Labute approximate surface area is 82.0 Å². The van der Waals surface area contributed by atoms with E-state index in [1.54, 1.807) is 6.07 Å². The van der Waals surface area contributed by atoms with Gasteiger partial charge in [-0.05, 0) is 12.1 Å². The smallest absolute Gasteiger partial charge is 0.137 e. The fourth-order valence-corrected chi connectivity index (χ4v) is 1.22. The number of aliphatic hydroxyl groups excluding tert-OH is 1. The van der Waals surface area contributed by atoms with Gasteiger partial charge >= 0.3 is 0 Å². The van der Waals surface area contributed by atoms with Crippen molar-refractivity contribution in [2.75, 3.05) is 11.3 Å². The third-order valence-electron chi connectivity index (χ3n) is 1.34. The minimum atomic E-state index is -0.0264.